The molecule has 0 radical (unpaired) electrons. The first kappa shape index (κ1) is 13.2. The highest BCUT2D eigenvalue weighted by atomic mass is 16.4. The van der Waals surface area contributed by atoms with Crippen LogP contribution in [0.5, 0.6) is 0 Å². The number of aliphatic carboxylic acids is 1. The van der Waals surface area contributed by atoms with Gasteiger partial charge in [0, 0.05) is 18.8 Å². The van der Waals surface area contributed by atoms with Gasteiger partial charge in [-0.25, -0.2) is 0 Å². The second-order valence-electron chi connectivity index (χ2n) is 5.15. The van der Waals surface area contributed by atoms with Crippen molar-refractivity contribution < 1.29 is 14.3 Å². The molecule has 0 aliphatic heterocycles. The Kier molecular flexibility index (Phi) is 3.59. The first-order valence-corrected chi connectivity index (χ1v) is 5.91. The van der Waals surface area contributed by atoms with Crippen LogP contribution in [-0.4, -0.2) is 26.3 Å². The fourth-order valence-corrected chi connectivity index (χ4v) is 1.81. The maximum absolute atomic E-state index is 10.8. The predicted molar refractivity (Wildman–Crippen MR) is 67.3 cm³/mol. The van der Waals surface area contributed by atoms with E-state index in [1.165, 1.54) is 0 Å². The fourth-order valence-electron chi connectivity index (χ4n) is 1.81. The third kappa shape index (κ3) is 3.61. The van der Waals surface area contributed by atoms with Crippen LogP contribution < -0.4 is 0 Å². The molecule has 0 aliphatic rings. The van der Waals surface area contributed by atoms with Crippen molar-refractivity contribution in [1.29, 1.82) is 0 Å². The second kappa shape index (κ2) is 5.17. The topological polar surface area (TPSA) is 89.1 Å². The van der Waals surface area contributed by atoms with E-state index < -0.39 is 11.4 Å². The van der Waals surface area contributed by atoms with Crippen LogP contribution >= 0.6 is 0 Å². The summed E-state index contributed by atoms with van der Waals surface area (Å²) in [4.78, 5) is 14.7. The largest absolute Gasteiger partial charge is 0.481 e. The van der Waals surface area contributed by atoms with E-state index in [1.807, 2.05) is 19.9 Å². The lowest BCUT2D eigenvalue weighted by Gasteiger charge is -2.19. The summed E-state index contributed by atoms with van der Waals surface area (Å²) in [5, 5.41) is 16.7. The molecule has 6 heteroatoms. The quantitative estimate of drug-likeness (QED) is 0.887. The molecule has 0 aromatic carbocycles. The van der Waals surface area contributed by atoms with Crippen molar-refractivity contribution in [3.63, 3.8) is 0 Å². The van der Waals surface area contributed by atoms with Gasteiger partial charge in [-0.15, -0.1) is 10.2 Å². The summed E-state index contributed by atoms with van der Waals surface area (Å²) in [5.41, 5.74) is 0.321. The minimum atomic E-state index is -0.836. The van der Waals surface area contributed by atoms with E-state index in [2.05, 4.69) is 15.2 Å². The Morgan fingerprint density at radius 3 is 2.84 bits per heavy atom. The van der Waals surface area contributed by atoms with E-state index in [1.54, 1.807) is 18.5 Å². The molecule has 2 heterocycles. The van der Waals surface area contributed by atoms with Crippen molar-refractivity contribution in [3.8, 4) is 11.5 Å². The number of aromatic nitrogens is 3. The monoisotopic (exact) mass is 261 g/mol. The van der Waals surface area contributed by atoms with Gasteiger partial charge in [0.15, 0.2) is 0 Å². The average molecular weight is 261 g/mol. The maximum Gasteiger partial charge on any atom is 0.303 e. The molecule has 0 atom stereocenters. The van der Waals surface area contributed by atoms with E-state index in [-0.39, 0.29) is 6.42 Å². The molecule has 0 bridgehead atoms. The molecule has 2 aromatic rings. The zero-order valence-corrected chi connectivity index (χ0v) is 10.8. The van der Waals surface area contributed by atoms with Gasteiger partial charge in [0.2, 0.25) is 11.8 Å². The summed E-state index contributed by atoms with van der Waals surface area (Å²) in [6.45, 7) is 3.71. The molecule has 19 heavy (non-hydrogen) atoms. The minimum absolute atomic E-state index is 0.0532. The van der Waals surface area contributed by atoms with Crippen molar-refractivity contribution in [3.05, 3.63) is 30.4 Å². The zero-order valence-electron chi connectivity index (χ0n) is 10.8. The maximum atomic E-state index is 10.8. The molecule has 2 rings (SSSR count). The smallest absolute Gasteiger partial charge is 0.303 e. The summed E-state index contributed by atoms with van der Waals surface area (Å²) >= 11 is 0. The summed E-state index contributed by atoms with van der Waals surface area (Å²) in [5.74, 6) is -0.00340. The Hall–Kier alpha value is -2.24. The van der Waals surface area contributed by atoms with Gasteiger partial charge < -0.3 is 9.52 Å². The highest BCUT2D eigenvalue weighted by Crippen LogP contribution is 2.26. The number of rotatable bonds is 5. The molecule has 1 N–H and O–H groups in total. The lowest BCUT2D eigenvalue weighted by molar-refractivity contribution is -0.139. The van der Waals surface area contributed by atoms with Crippen LogP contribution in [0.25, 0.3) is 11.5 Å². The van der Waals surface area contributed by atoms with Crippen LogP contribution in [-0.2, 0) is 11.2 Å². The first-order valence-electron chi connectivity index (χ1n) is 5.91. The predicted octanol–water partition coefficient (Wildman–Crippen LogP) is 2.17. The SMILES string of the molecule is CC(C)(CC(=O)O)Cc1nnc(-c2cccnc2)o1. The van der Waals surface area contributed by atoms with Gasteiger partial charge in [-0.3, -0.25) is 9.78 Å². The third-order valence-electron chi connectivity index (χ3n) is 2.63. The van der Waals surface area contributed by atoms with E-state index in [0.717, 1.165) is 5.56 Å². The van der Waals surface area contributed by atoms with Crippen molar-refractivity contribution in [2.75, 3.05) is 0 Å². The van der Waals surface area contributed by atoms with E-state index in [0.29, 0.717) is 18.2 Å². The highest BCUT2D eigenvalue weighted by Gasteiger charge is 2.25. The van der Waals surface area contributed by atoms with Crippen LogP contribution in [0.2, 0.25) is 0 Å². The molecule has 2 aromatic heterocycles. The van der Waals surface area contributed by atoms with Crippen LogP contribution in [0.4, 0.5) is 0 Å². The normalized spacial score (nSPS) is 11.5. The third-order valence-corrected chi connectivity index (χ3v) is 2.63. The summed E-state index contributed by atoms with van der Waals surface area (Å²) in [6.07, 6.45) is 3.78. The molecule has 0 saturated heterocycles. The number of hydrogen-bond acceptors (Lipinski definition) is 5. The molecule has 6 nitrogen and oxygen atoms in total. The van der Waals surface area contributed by atoms with Crippen LogP contribution in [0.1, 0.15) is 26.2 Å². The van der Waals surface area contributed by atoms with Crippen molar-refractivity contribution in [2.45, 2.75) is 26.7 Å². The van der Waals surface area contributed by atoms with E-state index >= 15 is 0 Å². The molecule has 0 amide bonds. The number of nitrogens with zero attached hydrogens (tertiary/aromatic N) is 3. The van der Waals surface area contributed by atoms with Gasteiger partial charge >= 0.3 is 5.97 Å². The Bertz CT molecular complexity index is 564. The lowest BCUT2D eigenvalue weighted by Crippen LogP contribution is -2.19. The molecule has 0 aliphatic carbocycles. The fraction of sp³-hybridized carbons (Fsp3) is 0.385. The Morgan fingerprint density at radius 2 is 2.21 bits per heavy atom. The standard InChI is InChI=1S/C13H15N3O3/c1-13(2,7-11(17)18)6-10-15-16-12(19-10)9-4-3-5-14-8-9/h3-5,8H,6-7H2,1-2H3,(H,17,18). The first-order chi connectivity index (χ1) is 8.96. The summed E-state index contributed by atoms with van der Waals surface area (Å²) in [6, 6.07) is 3.61. The molecular weight excluding hydrogens is 246 g/mol. The van der Waals surface area contributed by atoms with Gasteiger partial charge in [-0.05, 0) is 17.5 Å². The molecule has 0 unspecified atom stereocenters. The molecule has 0 saturated carbocycles. The van der Waals surface area contributed by atoms with Gasteiger partial charge in [0.05, 0.1) is 12.0 Å². The van der Waals surface area contributed by atoms with Gasteiger partial charge in [0.25, 0.3) is 0 Å². The van der Waals surface area contributed by atoms with Gasteiger partial charge in [-0.2, -0.15) is 0 Å². The number of pyridine rings is 1. The van der Waals surface area contributed by atoms with Crippen LogP contribution in [0, 0.1) is 5.41 Å². The lowest BCUT2D eigenvalue weighted by atomic mass is 9.86. The van der Waals surface area contributed by atoms with E-state index in [9.17, 15) is 4.79 Å². The van der Waals surface area contributed by atoms with Crippen LogP contribution in [0.3, 0.4) is 0 Å². The number of hydrogen-bond donors (Lipinski definition) is 1. The van der Waals surface area contributed by atoms with Crippen molar-refractivity contribution in [2.24, 2.45) is 5.41 Å². The molecular formula is C13H15N3O3. The second-order valence-corrected chi connectivity index (χ2v) is 5.15. The van der Waals surface area contributed by atoms with Crippen LogP contribution in [0.15, 0.2) is 28.9 Å². The number of carbonyl (C=O) groups is 1. The molecule has 0 fully saturated rings. The minimum Gasteiger partial charge on any atom is -0.481 e. The Morgan fingerprint density at radius 1 is 1.42 bits per heavy atom. The van der Waals surface area contributed by atoms with Gasteiger partial charge in [0.1, 0.15) is 0 Å². The van der Waals surface area contributed by atoms with Crippen molar-refractivity contribution in [1.82, 2.24) is 15.2 Å². The molecule has 100 valence electrons. The number of carboxylic acids is 1. The Balaban J connectivity index is 2.12. The Labute approximate surface area is 110 Å². The summed E-state index contributed by atoms with van der Waals surface area (Å²) < 4.78 is 5.53. The summed E-state index contributed by atoms with van der Waals surface area (Å²) in [7, 11) is 0. The average Bonchev–Trinajstić information content (AvgIpc) is 2.76. The van der Waals surface area contributed by atoms with E-state index in [4.69, 9.17) is 9.52 Å². The number of carboxylic acid groups (broad SMARTS) is 1. The van der Waals surface area contributed by atoms with Gasteiger partial charge in [-0.1, -0.05) is 13.8 Å². The zero-order chi connectivity index (χ0) is 13.9. The van der Waals surface area contributed by atoms with Crippen molar-refractivity contribution >= 4 is 5.97 Å². The highest BCUT2D eigenvalue weighted by molar-refractivity contribution is 5.67. The molecule has 0 spiro atoms.